The second-order valence-electron chi connectivity index (χ2n) is 7.68. The van der Waals surface area contributed by atoms with Crippen molar-refractivity contribution < 1.29 is 4.79 Å². The molecule has 1 aliphatic rings. The Labute approximate surface area is 184 Å². The maximum Gasteiger partial charge on any atom is 0.266 e. The van der Waals surface area contributed by atoms with Crippen LogP contribution < -0.4 is 0 Å². The molecule has 2 heterocycles. The molecule has 0 saturated heterocycles. The lowest BCUT2D eigenvalue weighted by molar-refractivity contribution is 0.0735. The number of thiazole rings is 1. The van der Waals surface area contributed by atoms with Gasteiger partial charge in [0, 0.05) is 28.6 Å². The molecule has 30 heavy (non-hydrogen) atoms. The Hall–Kier alpha value is -2.76. The number of carbonyl (C=O) groups excluding carboxylic acids is 1. The zero-order valence-electron chi connectivity index (χ0n) is 16.5. The van der Waals surface area contributed by atoms with E-state index in [2.05, 4.69) is 30.1 Å². The fourth-order valence-corrected chi connectivity index (χ4v) is 4.56. The van der Waals surface area contributed by atoms with Gasteiger partial charge in [-0.2, -0.15) is 0 Å². The number of rotatable bonds is 5. The van der Waals surface area contributed by atoms with Gasteiger partial charge in [-0.25, -0.2) is 4.98 Å². The molecule has 0 atom stereocenters. The first-order valence-corrected chi connectivity index (χ1v) is 11.2. The second-order valence-corrected chi connectivity index (χ2v) is 9.01. The summed E-state index contributed by atoms with van der Waals surface area (Å²) in [6.07, 6.45) is 3.73. The van der Waals surface area contributed by atoms with E-state index >= 15 is 0 Å². The maximum atomic E-state index is 13.2. The molecule has 4 nitrogen and oxygen atoms in total. The molecule has 0 aliphatic heterocycles. The molecule has 1 saturated carbocycles. The van der Waals surface area contributed by atoms with Crippen molar-refractivity contribution in [3.05, 3.63) is 81.3 Å². The topological polar surface area (TPSA) is 46.1 Å². The van der Waals surface area contributed by atoms with Gasteiger partial charge in [0.05, 0.1) is 22.9 Å². The Morgan fingerprint density at radius 3 is 2.77 bits per heavy atom. The Morgan fingerprint density at radius 1 is 1.20 bits per heavy atom. The minimum Gasteiger partial charge on any atom is -0.331 e. The highest BCUT2D eigenvalue weighted by molar-refractivity contribution is 7.11. The van der Waals surface area contributed by atoms with Crippen LogP contribution in [0.1, 0.15) is 33.6 Å². The molecule has 5 rings (SSSR count). The highest BCUT2D eigenvalue weighted by atomic mass is 35.5. The summed E-state index contributed by atoms with van der Waals surface area (Å²) in [6.45, 7) is 2.58. The molecule has 2 aromatic carbocycles. The summed E-state index contributed by atoms with van der Waals surface area (Å²) in [6, 6.07) is 16.4. The van der Waals surface area contributed by atoms with Crippen LogP contribution in [0, 0.1) is 6.92 Å². The SMILES string of the molecule is Cc1cccc2cc(CN(C(=O)c3cncs3)C3CC3)c(-c3cccc(Cl)c3)nc12. The average Bonchev–Trinajstić information content (AvgIpc) is 3.44. The van der Waals surface area contributed by atoms with Crippen LogP contribution in [-0.2, 0) is 6.54 Å². The number of benzene rings is 2. The van der Waals surface area contributed by atoms with Gasteiger partial charge in [0.1, 0.15) is 4.88 Å². The molecule has 2 aromatic heterocycles. The quantitative estimate of drug-likeness (QED) is 0.380. The number of hydrogen-bond donors (Lipinski definition) is 0. The first kappa shape index (κ1) is 19.2. The predicted octanol–water partition coefficient (Wildman–Crippen LogP) is 6.12. The van der Waals surface area contributed by atoms with Crippen molar-refractivity contribution in [1.82, 2.24) is 14.9 Å². The first-order chi connectivity index (χ1) is 14.6. The van der Waals surface area contributed by atoms with Crippen LogP contribution in [-0.4, -0.2) is 26.8 Å². The summed E-state index contributed by atoms with van der Waals surface area (Å²) in [5.74, 6) is 0.0429. The number of halogens is 1. The molecular formula is C24H20ClN3OS. The van der Waals surface area contributed by atoms with Gasteiger partial charge in [-0.05, 0) is 49.1 Å². The third kappa shape index (κ3) is 3.71. The molecule has 1 fully saturated rings. The summed E-state index contributed by atoms with van der Waals surface area (Å²) in [5.41, 5.74) is 6.67. The van der Waals surface area contributed by atoms with E-state index in [1.165, 1.54) is 11.3 Å². The standard InChI is InChI=1S/C24H20ClN3OS/c1-15-4-2-5-16-10-18(23(27-22(15)16)17-6-3-7-19(25)11-17)13-28(20-8-9-20)24(29)21-12-26-14-30-21/h2-7,10-12,14,20H,8-9,13H2,1H3. The molecule has 150 valence electrons. The molecule has 1 amide bonds. The van der Waals surface area contributed by atoms with Crippen molar-refractivity contribution >= 4 is 39.7 Å². The number of aromatic nitrogens is 2. The Kier molecular flexibility index (Phi) is 5.01. The summed E-state index contributed by atoms with van der Waals surface area (Å²) >= 11 is 7.67. The summed E-state index contributed by atoms with van der Waals surface area (Å²) in [7, 11) is 0. The zero-order valence-corrected chi connectivity index (χ0v) is 18.1. The van der Waals surface area contributed by atoms with E-state index in [4.69, 9.17) is 16.6 Å². The molecule has 0 spiro atoms. The number of aryl methyl sites for hydroxylation is 1. The van der Waals surface area contributed by atoms with Crippen LogP contribution in [0.3, 0.4) is 0 Å². The van der Waals surface area contributed by atoms with E-state index in [1.807, 2.05) is 35.2 Å². The van der Waals surface area contributed by atoms with Crippen molar-refractivity contribution in [2.45, 2.75) is 32.4 Å². The van der Waals surface area contributed by atoms with Crippen molar-refractivity contribution in [3.63, 3.8) is 0 Å². The number of fused-ring (bicyclic) bond motifs is 1. The van der Waals surface area contributed by atoms with Gasteiger partial charge in [0.25, 0.3) is 5.91 Å². The van der Waals surface area contributed by atoms with Gasteiger partial charge in [-0.1, -0.05) is 41.9 Å². The predicted molar refractivity (Wildman–Crippen MR) is 122 cm³/mol. The van der Waals surface area contributed by atoms with Crippen LogP contribution in [0.4, 0.5) is 0 Å². The van der Waals surface area contributed by atoms with Crippen LogP contribution in [0.25, 0.3) is 22.2 Å². The molecule has 1 aliphatic carbocycles. The van der Waals surface area contributed by atoms with Gasteiger partial charge in [0.15, 0.2) is 0 Å². The van der Waals surface area contributed by atoms with E-state index in [0.717, 1.165) is 46.1 Å². The smallest absolute Gasteiger partial charge is 0.266 e. The number of pyridine rings is 1. The normalized spacial score (nSPS) is 13.5. The fraction of sp³-hybridized carbons (Fsp3) is 0.208. The molecule has 0 unspecified atom stereocenters. The second kappa shape index (κ2) is 7.82. The van der Waals surface area contributed by atoms with Crippen LogP contribution >= 0.6 is 22.9 Å². The van der Waals surface area contributed by atoms with Gasteiger partial charge >= 0.3 is 0 Å². The Morgan fingerprint density at radius 2 is 2.03 bits per heavy atom. The summed E-state index contributed by atoms with van der Waals surface area (Å²) in [5, 5.41) is 1.75. The van der Waals surface area contributed by atoms with Crippen molar-refractivity contribution in [1.29, 1.82) is 0 Å². The molecule has 0 N–H and O–H groups in total. The van der Waals surface area contributed by atoms with Gasteiger partial charge < -0.3 is 4.90 Å². The van der Waals surface area contributed by atoms with Crippen molar-refractivity contribution in [2.24, 2.45) is 0 Å². The lowest BCUT2D eigenvalue weighted by atomic mass is 10.0. The highest BCUT2D eigenvalue weighted by Crippen LogP contribution is 2.34. The van der Waals surface area contributed by atoms with Crippen molar-refractivity contribution in [3.8, 4) is 11.3 Å². The van der Waals surface area contributed by atoms with Crippen LogP contribution in [0.15, 0.2) is 60.2 Å². The largest absolute Gasteiger partial charge is 0.331 e. The van der Waals surface area contributed by atoms with Gasteiger partial charge in [0.2, 0.25) is 0 Å². The number of amides is 1. The molecule has 0 radical (unpaired) electrons. The molecule has 6 heteroatoms. The third-order valence-corrected chi connectivity index (χ3v) is 6.45. The third-order valence-electron chi connectivity index (χ3n) is 5.46. The van der Waals surface area contributed by atoms with Gasteiger partial charge in [-0.15, -0.1) is 11.3 Å². The van der Waals surface area contributed by atoms with E-state index in [0.29, 0.717) is 16.4 Å². The lowest BCUT2D eigenvalue weighted by Crippen LogP contribution is -2.32. The molecule has 4 aromatic rings. The summed E-state index contributed by atoms with van der Waals surface area (Å²) < 4.78 is 0. The summed E-state index contributed by atoms with van der Waals surface area (Å²) in [4.78, 5) is 24.9. The van der Waals surface area contributed by atoms with Gasteiger partial charge in [-0.3, -0.25) is 9.78 Å². The molecule has 0 bridgehead atoms. The van der Waals surface area contributed by atoms with Crippen LogP contribution in [0.5, 0.6) is 0 Å². The maximum absolute atomic E-state index is 13.2. The minimum atomic E-state index is 0.0429. The van der Waals surface area contributed by atoms with Crippen molar-refractivity contribution in [2.75, 3.05) is 0 Å². The number of nitrogens with zero attached hydrogens (tertiary/aromatic N) is 3. The number of para-hydroxylation sites is 1. The van der Waals surface area contributed by atoms with E-state index < -0.39 is 0 Å². The zero-order chi connectivity index (χ0) is 20.7. The number of hydrogen-bond acceptors (Lipinski definition) is 4. The fourth-order valence-electron chi connectivity index (χ4n) is 3.80. The van der Waals surface area contributed by atoms with E-state index in [9.17, 15) is 4.79 Å². The molecular weight excluding hydrogens is 414 g/mol. The van der Waals surface area contributed by atoms with E-state index in [1.54, 1.807) is 11.7 Å². The average molecular weight is 434 g/mol. The number of carbonyl (C=O) groups is 1. The van der Waals surface area contributed by atoms with Crippen LogP contribution in [0.2, 0.25) is 5.02 Å². The first-order valence-electron chi connectivity index (χ1n) is 9.95. The monoisotopic (exact) mass is 433 g/mol. The Balaban J connectivity index is 1.63. The Bertz CT molecular complexity index is 1230. The van der Waals surface area contributed by atoms with E-state index in [-0.39, 0.29) is 11.9 Å². The lowest BCUT2D eigenvalue weighted by Gasteiger charge is -2.23. The highest BCUT2D eigenvalue weighted by Gasteiger charge is 2.34. The minimum absolute atomic E-state index is 0.0429.